The van der Waals surface area contributed by atoms with Crippen molar-refractivity contribution in [3.05, 3.63) is 24.3 Å². The molecule has 0 unspecified atom stereocenters. The van der Waals surface area contributed by atoms with E-state index in [4.69, 9.17) is 4.74 Å². The van der Waals surface area contributed by atoms with Gasteiger partial charge >= 0.3 is 5.97 Å². The van der Waals surface area contributed by atoms with Crippen LogP contribution in [0.3, 0.4) is 0 Å². The Bertz CT molecular complexity index is 760. The summed E-state index contributed by atoms with van der Waals surface area (Å²) in [5.74, 6) is -0.645. The summed E-state index contributed by atoms with van der Waals surface area (Å²) in [6.45, 7) is 4.68. The van der Waals surface area contributed by atoms with Crippen LogP contribution in [-0.2, 0) is 24.3 Å². The molecule has 150 valence electrons. The lowest BCUT2D eigenvalue weighted by Gasteiger charge is -2.20. The van der Waals surface area contributed by atoms with E-state index in [1.165, 1.54) is 18.6 Å². The fourth-order valence-electron chi connectivity index (χ4n) is 2.94. The molecule has 0 bridgehead atoms. The van der Waals surface area contributed by atoms with Crippen LogP contribution in [0.5, 0.6) is 0 Å². The first-order valence-electron chi connectivity index (χ1n) is 9.19. The quantitative estimate of drug-likeness (QED) is 0.720. The van der Waals surface area contributed by atoms with Crippen LogP contribution in [0, 0.1) is 5.92 Å². The highest BCUT2D eigenvalue weighted by molar-refractivity contribution is 7.89. The van der Waals surface area contributed by atoms with Crippen LogP contribution in [0.25, 0.3) is 0 Å². The second kappa shape index (κ2) is 8.84. The second-order valence-electron chi connectivity index (χ2n) is 7.76. The summed E-state index contributed by atoms with van der Waals surface area (Å²) in [7, 11) is -3.84. The minimum absolute atomic E-state index is 0.0155. The van der Waals surface area contributed by atoms with Crippen molar-refractivity contribution in [2.45, 2.75) is 63.4 Å². The molecular weight excluding hydrogens is 368 g/mol. The molecule has 1 aromatic rings. The van der Waals surface area contributed by atoms with Crippen LogP contribution in [-0.4, -0.2) is 32.4 Å². The lowest BCUT2D eigenvalue weighted by molar-refractivity contribution is -0.153. The smallest absolute Gasteiger partial charge is 0.321 e. The number of carbonyl (C=O) groups excluding carboxylic acids is 2. The van der Waals surface area contributed by atoms with Crippen molar-refractivity contribution in [3.8, 4) is 0 Å². The van der Waals surface area contributed by atoms with Crippen LogP contribution < -0.4 is 10.0 Å². The van der Waals surface area contributed by atoms with Crippen molar-refractivity contribution in [3.63, 3.8) is 0 Å². The van der Waals surface area contributed by atoms with Crippen LogP contribution in [0.2, 0.25) is 0 Å². The van der Waals surface area contributed by atoms with E-state index >= 15 is 0 Å². The van der Waals surface area contributed by atoms with Gasteiger partial charge in [0.1, 0.15) is 12.1 Å². The summed E-state index contributed by atoms with van der Waals surface area (Å²) in [5, 5.41) is 2.84. The second-order valence-corrected chi connectivity index (χ2v) is 9.53. The molecule has 0 aliphatic heterocycles. The summed E-state index contributed by atoms with van der Waals surface area (Å²) in [6.07, 6.45) is 5.10. The zero-order valence-corrected chi connectivity index (χ0v) is 16.9. The Labute approximate surface area is 160 Å². The van der Waals surface area contributed by atoms with Gasteiger partial charge in [0.25, 0.3) is 0 Å². The molecule has 0 aromatic heterocycles. The first-order chi connectivity index (χ1) is 12.6. The van der Waals surface area contributed by atoms with Crippen LogP contribution in [0.1, 0.15) is 52.9 Å². The number of esters is 1. The Morgan fingerprint density at radius 3 is 2.22 bits per heavy atom. The van der Waals surface area contributed by atoms with E-state index in [1.54, 1.807) is 32.9 Å². The van der Waals surface area contributed by atoms with E-state index in [1.807, 2.05) is 0 Å². The van der Waals surface area contributed by atoms with Gasteiger partial charge in [-0.15, -0.1) is 0 Å². The molecule has 0 saturated heterocycles. The van der Waals surface area contributed by atoms with Crippen molar-refractivity contribution in [1.29, 1.82) is 0 Å². The van der Waals surface area contributed by atoms with Gasteiger partial charge in [0.15, 0.2) is 0 Å². The molecule has 1 aliphatic carbocycles. The van der Waals surface area contributed by atoms with E-state index in [-0.39, 0.29) is 16.7 Å². The van der Waals surface area contributed by atoms with Gasteiger partial charge in [-0.3, -0.25) is 9.59 Å². The number of amides is 1. The van der Waals surface area contributed by atoms with E-state index < -0.39 is 28.1 Å². The first kappa shape index (κ1) is 21.4. The van der Waals surface area contributed by atoms with Gasteiger partial charge in [-0.05, 0) is 57.9 Å². The Balaban J connectivity index is 1.92. The van der Waals surface area contributed by atoms with Crippen LogP contribution >= 0.6 is 0 Å². The lowest BCUT2D eigenvalue weighted by Crippen LogP contribution is -2.34. The van der Waals surface area contributed by atoms with Crippen LogP contribution in [0.4, 0.5) is 5.69 Å². The fraction of sp³-hybridized carbons (Fsp3) is 0.579. The highest BCUT2D eigenvalue weighted by atomic mass is 32.2. The number of nitrogens with one attached hydrogen (secondary N) is 2. The molecular formula is C19H28N2O5S. The molecule has 27 heavy (non-hydrogen) atoms. The minimum atomic E-state index is -3.84. The molecule has 2 N–H and O–H groups in total. The SMILES string of the molecule is CC(C)(C)OC(=O)CNS(=O)(=O)c1ccc(NC(=O)C2CCCCC2)cc1. The van der Waals surface area contributed by atoms with Gasteiger partial charge in [-0.25, -0.2) is 8.42 Å². The number of hydrogen-bond donors (Lipinski definition) is 2. The Morgan fingerprint density at radius 2 is 1.67 bits per heavy atom. The van der Waals surface area contributed by atoms with Gasteiger partial charge in [0.2, 0.25) is 15.9 Å². The largest absolute Gasteiger partial charge is 0.459 e. The van der Waals surface area contributed by atoms with E-state index in [2.05, 4.69) is 10.0 Å². The third-order valence-electron chi connectivity index (χ3n) is 4.23. The average Bonchev–Trinajstić information content (AvgIpc) is 2.60. The molecule has 1 amide bonds. The predicted molar refractivity (Wildman–Crippen MR) is 103 cm³/mol. The number of ether oxygens (including phenoxy) is 1. The van der Waals surface area contributed by atoms with Crippen molar-refractivity contribution < 1.29 is 22.7 Å². The topological polar surface area (TPSA) is 102 Å². The summed E-state index contributed by atoms with van der Waals surface area (Å²) < 4.78 is 31.8. The maximum atomic E-state index is 12.3. The zero-order valence-electron chi connectivity index (χ0n) is 16.1. The number of rotatable bonds is 6. The standard InChI is InChI=1S/C19H28N2O5S/c1-19(2,3)26-17(22)13-20-27(24,25)16-11-9-15(10-12-16)21-18(23)14-7-5-4-6-8-14/h9-12,14,20H,4-8,13H2,1-3H3,(H,21,23). The predicted octanol–water partition coefficient (Wildman–Crippen LogP) is 2.83. The Hall–Kier alpha value is -1.93. The number of sulfonamides is 1. The molecule has 0 spiro atoms. The molecule has 7 nitrogen and oxygen atoms in total. The number of benzene rings is 1. The zero-order chi connectivity index (χ0) is 20.1. The number of hydrogen-bond acceptors (Lipinski definition) is 5. The molecule has 0 radical (unpaired) electrons. The van der Waals surface area contributed by atoms with Gasteiger partial charge in [-0.1, -0.05) is 19.3 Å². The molecule has 0 heterocycles. The van der Waals surface area contributed by atoms with Crippen molar-refractivity contribution in [1.82, 2.24) is 4.72 Å². The van der Waals surface area contributed by atoms with E-state index in [9.17, 15) is 18.0 Å². The number of anilines is 1. The molecule has 8 heteroatoms. The molecule has 0 atom stereocenters. The normalized spacial score (nSPS) is 16.0. The fourth-order valence-corrected chi connectivity index (χ4v) is 3.91. The van der Waals surface area contributed by atoms with Crippen LogP contribution in [0.15, 0.2) is 29.2 Å². The minimum Gasteiger partial charge on any atom is -0.459 e. The highest BCUT2D eigenvalue weighted by Crippen LogP contribution is 2.25. The highest BCUT2D eigenvalue weighted by Gasteiger charge is 2.22. The van der Waals surface area contributed by atoms with E-state index in [0.717, 1.165) is 25.7 Å². The molecule has 1 aromatic carbocycles. The summed E-state index contributed by atoms with van der Waals surface area (Å²) in [6, 6.07) is 5.88. The monoisotopic (exact) mass is 396 g/mol. The summed E-state index contributed by atoms with van der Waals surface area (Å²) in [4.78, 5) is 23.9. The maximum Gasteiger partial charge on any atom is 0.321 e. The first-order valence-corrected chi connectivity index (χ1v) is 10.7. The Kier molecular flexibility index (Phi) is 7.00. The van der Waals surface area contributed by atoms with Crippen molar-refractivity contribution in [2.24, 2.45) is 5.92 Å². The molecule has 1 aliphatic rings. The average molecular weight is 397 g/mol. The van der Waals surface area contributed by atoms with Gasteiger partial charge in [-0.2, -0.15) is 4.72 Å². The van der Waals surface area contributed by atoms with Gasteiger partial charge in [0, 0.05) is 11.6 Å². The Morgan fingerprint density at radius 1 is 1.07 bits per heavy atom. The summed E-state index contributed by atoms with van der Waals surface area (Å²) >= 11 is 0. The van der Waals surface area contributed by atoms with Crippen molar-refractivity contribution >= 4 is 27.6 Å². The van der Waals surface area contributed by atoms with Crippen molar-refractivity contribution in [2.75, 3.05) is 11.9 Å². The summed E-state index contributed by atoms with van der Waals surface area (Å²) in [5.41, 5.74) is -0.127. The van der Waals surface area contributed by atoms with E-state index in [0.29, 0.717) is 5.69 Å². The third kappa shape index (κ3) is 6.95. The third-order valence-corrected chi connectivity index (χ3v) is 5.65. The lowest BCUT2D eigenvalue weighted by atomic mass is 9.88. The van der Waals surface area contributed by atoms with Gasteiger partial charge in [0.05, 0.1) is 4.90 Å². The molecule has 2 rings (SSSR count). The maximum absolute atomic E-state index is 12.3. The number of carbonyl (C=O) groups is 2. The molecule has 1 saturated carbocycles. The molecule has 1 fully saturated rings. The van der Waals surface area contributed by atoms with Gasteiger partial charge < -0.3 is 10.1 Å².